The van der Waals surface area contributed by atoms with E-state index in [-0.39, 0.29) is 17.4 Å². The van der Waals surface area contributed by atoms with Crippen molar-refractivity contribution in [2.75, 3.05) is 5.32 Å². The predicted octanol–water partition coefficient (Wildman–Crippen LogP) is 3.70. The summed E-state index contributed by atoms with van der Waals surface area (Å²) in [5.74, 6) is 0.0446. The number of hydrogen-bond donors (Lipinski definition) is 2. The minimum atomic E-state index is -0.343. The van der Waals surface area contributed by atoms with Gasteiger partial charge < -0.3 is 14.8 Å². The monoisotopic (exact) mass is 267 g/mol. The summed E-state index contributed by atoms with van der Waals surface area (Å²) in [6.07, 6.45) is 0. The number of anilines is 1. The maximum absolute atomic E-state index is 12.1. The van der Waals surface area contributed by atoms with Crippen LogP contribution in [0.3, 0.4) is 0 Å². The molecule has 100 valence electrons. The quantitative estimate of drug-likeness (QED) is 0.744. The molecule has 0 aliphatic carbocycles. The van der Waals surface area contributed by atoms with Crippen LogP contribution in [0.25, 0.3) is 11.0 Å². The highest BCUT2D eigenvalue weighted by Crippen LogP contribution is 2.23. The van der Waals surface area contributed by atoms with Crippen LogP contribution in [-0.4, -0.2) is 11.0 Å². The lowest BCUT2D eigenvalue weighted by molar-refractivity contribution is 0.0998. The molecule has 2 N–H and O–H groups in total. The third-order valence-corrected chi connectivity index (χ3v) is 3.12. The lowest BCUT2D eigenvalue weighted by Crippen LogP contribution is -2.10. The molecule has 0 radical (unpaired) electrons. The molecule has 0 atom stereocenters. The summed E-state index contributed by atoms with van der Waals surface area (Å²) in [6, 6.07) is 14.1. The van der Waals surface area contributed by atoms with Crippen LogP contribution in [-0.2, 0) is 0 Å². The fraction of sp³-hybridized carbons (Fsp3) is 0.0625. The van der Waals surface area contributed by atoms with Crippen molar-refractivity contribution in [2.45, 2.75) is 6.92 Å². The van der Waals surface area contributed by atoms with Crippen LogP contribution < -0.4 is 5.32 Å². The molecule has 2 aromatic carbocycles. The standard InChI is InChI=1S/C16H13NO3/c1-10-6-7-12(9-13(10)18)17-16(19)15-8-11-4-2-3-5-14(11)20-15/h2-9,18H,1H3,(H,17,19). The topological polar surface area (TPSA) is 62.5 Å². The van der Waals surface area contributed by atoms with E-state index >= 15 is 0 Å². The highest BCUT2D eigenvalue weighted by atomic mass is 16.3. The number of para-hydroxylation sites is 1. The number of amides is 1. The Morgan fingerprint density at radius 2 is 1.95 bits per heavy atom. The van der Waals surface area contributed by atoms with E-state index in [4.69, 9.17) is 4.42 Å². The van der Waals surface area contributed by atoms with Gasteiger partial charge in [0, 0.05) is 17.1 Å². The highest BCUT2D eigenvalue weighted by molar-refractivity contribution is 6.04. The van der Waals surface area contributed by atoms with E-state index in [2.05, 4.69) is 5.32 Å². The summed E-state index contributed by atoms with van der Waals surface area (Å²) >= 11 is 0. The average molecular weight is 267 g/mol. The van der Waals surface area contributed by atoms with Gasteiger partial charge in [0.1, 0.15) is 11.3 Å². The minimum Gasteiger partial charge on any atom is -0.508 e. The largest absolute Gasteiger partial charge is 0.508 e. The zero-order valence-corrected chi connectivity index (χ0v) is 10.9. The first kappa shape index (κ1) is 12.3. The molecule has 0 aliphatic rings. The molecule has 0 fully saturated rings. The summed E-state index contributed by atoms with van der Waals surface area (Å²) in [5.41, 5.74) is 1.95. The van der Waals surface area contributed by atoms with E-state index in [0.29, 0.717) is 11.3 Å². The van der Waals surface area contributed by atoms with Gasteiger partial charge in [-0.05, 0) is 30.7 Å². The van der Waals surface area contributed by atoms with E-state index in [1.54, 1.807) is 25.1 Å². The molecule has 0 saturated heterocycles. The van der Waals surface area contributed by atoms with E-state index in [1.807, 2.05) is 24.3 Å². The zero-order valence-electron chi connectivity index (χ0n) is 10.9. The molecule has 3 rings (SSSR count). The van der Waals surface area contributed by atoms with Crippen LogP contribution in [0.4, 0.5) is 5.69 Å². The number of phenolic OH excluding ortho intramolecular Hbond substituents is 1. The number of phenols is 1. The van der Waals surface area contributed by atoms with Gasteiger partial charge in [-0.15, -0.1) is 0 Å². The van der Waals surface area contributed by atoms with Crippen molar-refractivity contribution in [3.05, 3.63) is 59.9 Å². The van der Waals surface area contributed by atoms with E-state index in [1.165, 1.54) is 6.07 Å². The first-order chi connectivity index (χ1) is 9.63. The van der Waals surface area contributed by atoms with Crippen LogP contribution >= 0.6 is 0 Å². The number of benzene rings is 2. The molecular formula is C16H13NO3. The lowest BCUT2D eigenvalue weighted by atomic mass is 10.2. The number of furan rings is 1. The third-order valence-electron chi connectivity index (χ3n) is 3.12. The Labute approximate surface area is 115 Å². The number of carbonyl (C=O) groups excluding carboxylic acids is 1. The van der Waals surface area contributed by atoms with Gasteiger partial charge in [-0.2, -0.15) is 0 Å². The van der Waals surface area contributed by atoms with Gasteiger partial charge in [-0.1, -0.05) is 24.3 Å². The number of hydrogen-bond acceptors (Lipinski definition) is 3. The molecule has 4 heteroatoms. The number of carbonyl (C=O) groups is 1. The predicted molar refractivity (Wildman–Crippen MR) is 77.0 cm³/mol. The Morgan fingerprint density at radius 3 is 2.70 bits per heavy atom. The first-order valence-electron chi connectivity index (χ1n) is 6.23. The maximum Gasteiger partial charge on any atom is 0.291 e. The number of aromatic hydroxyl groups is 1. The smallest absolute Gasteiger partial charge is 0.291 e. The van der Waals surface area contributed by atoms with Crippen molar-refractivity contribution in [3.63, 3.8) is 0 Å². The molecule has 4 nitrogen and oxygen atoms in total. The summed E-state index contributed by atoms with van der Waals surface area (Å²) in [4.78, 5) is 12.1. The van der Waals surface area contributed by atoms with Gasteiger partial charge in [0.05, 0.1) is 0 Å². The molecule has 0 unspecified atom stereocenters. The summed E-state index contributed by atoms with van der Waals surface area (Å²) in [5, 5.41) is 13.2. The van der Waals surface area contributed by atoms with Gasteiger partial charge in [-0.25, -0.2) is 0 Å². The van der Waals surface area contributed by atoms with Crippen molar-refractivity contribution < 1.29 is 14.3 Å². The summed E-state index contributed by atoms with van der Waals surface area (Å²) in [7, 11) is 0. The average Bonchev–Trinajstić information content (AvgIpc) is 2.87. The summed E-state index contributed by atoms with van der Waals surface area (Å²) < 4.78 is 5.48. The number of fused-ring (bicyclic) bond motifs is 1. The number of nitrogens with one attached hydrogen (secondary N) is 1. The molecule has 0 spiro atoms. The SMILES string of the molecule is Cc1ccc(NC(=O)c2cc3ccccc3o2)cc1O. The van der Waals surface area contributed by atoms with Crippen molar-refractivity contribution >= 4 is 22.6 Å². The van der Waals surface area contributed by atoms with Crippen LogP contribution in [0.1, 0.15) is 16.1 Å². The van der Waals surface area contributed by atoms with Crippen molar-refractivity contribution in [2.24, 2.45) is 0 Å². The van der Waals surface area contributed by atoms with Crippen molar-refractivity contribution in [3.8, 4) is 5.75 Å². The van der Waals surface area contributed by atoms with E-state index < -0.39 is 0 Å². The maximum atomic E-state index is 12.1. The Morgan fingerprint density at radius 1 is 1.15 bits per heavy atom. The molecule has 1 aromatic heterocycles. The Balaban J connectivity index is 1.86. The lowest BCUT2D eigenvalue weighted by Gasteiger charge is -2.05. The number of rotatable bonds is 2. The molecule has 1 heterocycles. The van der Waals surface area contributed by atoms with Gasteiger partial charge >= 0.3 is 0 Å². The molecule has 0 bridgehead atoms. The van der Waals surface area contributed by atoms with Crippen molar-refractivity contribution in [1.29, 1.82) is 0 Å². The molecule has 1 amide bonds. The second-order valence-electron chi connectivity index (χ2n) is 4.60. The highest BCUT2D eigenvalue weighted by Gasteiger charge is 2.12. The van der Waals surface area contributed by atoms with E-state index in [9.17, 15) is 9.90 Å². The fourth-order valence-electron chi connectivity index (χ4n) is 1.97. The molecular weight excluding hydrogens is 254 g/mol. The first-order valence-corrected chi connectivity index (χ1v) is 6.23. The van der Waals surface area contributed by atoms with Gasteiger partial charge in [0.2, 0.25) is 0 Å². The van der Waals surface area contributed by atoms with Crippen LogP contribution in [0, 0.1) is 6.92 Å². The third kappa shape index (κ3) is 2.23. The van der Waals surface area contributed by atoms with Gasteiger partial charge in [0.25, 0.3) is 5.91 Å². The van der Waals surface area contributed by atoms with Crippen LogP contribution in [0.5, 0.6) is 5.75 Å². The van der Waals surface area contributed by atoms with Gasteiger partial charge in [-0.3, -0.25) is 4.79 Å². The Hall–Kier alpha value is -2.75. The molecule has 3 aromatic rings. The summed E-state index contributed by atoms with van der Waals surface area (Å²) in [6.45, 7) is 1.79. The second kappa shape index (κ2) is 4.74. The van der Waals surface area contributed by atoms with Crippen molar-refractivity contribution in [1.82, 2.24) is 0 Å². The second-order valence-corrected chi connectivity index (χ2v) is 4.60. The Bertz CT molecular complexity index is 756. The zero-order chi connectivity index (χ0) is 14.1. The minimum absolute atomic E-state index is 0.146. The molecule has 0 saturated carbocycles. The van der Waals surface area contributed by atoms with E-state index in [0.717, 1.165) is 10.9 Å². The molecule has 0 aliphatic heterocycles. The van der Waals surface area contributed by atoms with Crippen LogP contribution in [0.2, 0.25) is 0 Å². The fourth-order valence-corrected chi connectivity index (χ4v) is 1.97. The number of aryl methyl sites for hydroxylation is 1. The van der Waals surface area contributed by atoms with Gasteiger partial charge in [0.15, 0.2) is 5.76 Å². The Kier molecular flexibility index (Phi) is 2.91. The molecule has 20 heavy (non-hydrogen) atoms. The normalized spacial score (nSPS) is 10.7. The van der Waals surface area contributed by atoms with Crippen LogP contribution in [0.15, 0.2) is 52.9 Å².